The van der Waals surface area contributed by atoms with Crippen LogP contribution in [0, 0.1) is 0 Å². The Morgan fingerprint density at radius 3 is 2.80 bits per heavy atom. The minimum atomic E-state index is -0.661. The summed E-state index contributed by atoms with van der Waals surface area (Å²) in [5.41, 5.74) is 5.18. The van der Waals surface area contributed by atoms with Crippen molar-refractivity contribution in [1.82, 2.24) is 5.32 Å². The van der Waals surface area contributed by atoms with Gasteiger partial charge < -0.3 is 15.8 Å². The van der Waals surface area contributed by atoms with Crippen LogP contribution in [0.1, 0.15) is 13.3 Å². The van der Waals surface area contributed by atoms with Crippen molar-refractivity contribution in [1.29, 1.82) is 0 Å². The van der Waals surface area contributed by atoms with Gasteiger partial charge in [0.15, 0.2) is 0 Å². The molecule has 0 aromatic rings. The molecule has 3 N–H and O–H groups in total. The van der Waals surface area contributed by atoms with Gasteiger partial charge in [-0.2, -0.15) is 0 Å². The van der Waals surface area contributed by atoms with Crippen LogP contribution < -0.4 is 11.1 Å². The summed E-state index contributed by atoms with van der Waals surface area (Å²) in [6.07, 6.45) is 0.645. The molecule has 4 nitrogen and oxygen atoms in total. The predicted octanol–water partition coefficient (Wildman–Crippen LogP) is -0.961. The van der Waals surface area contributed by atoms with Crippen molar-refractivity contribution >= 4 is 12.2 Å². The Balaban J connectivity index is 3.46. The van der Waals surface area contributed by atoms with E-state index in [0.29, 0.717) is 12.8 Å². The van der Waals surface area contributed by atoms with Crippen LogP contribution in [0.25, 0.3) is 0 Å². The molecule has 0 aliphatic rings. The summed E-state index contributed by atoms with van der Waals surface area (Å²) in [5.74, 6) is -0.179. The molecule has 0 aliphatic carbocycles. The number of nitrogens with one attached hydrogen (secondary N) is 1. The molecule has 1 amide bonds. The van der Waals surface area contributed by atoms with Crippen molar-refractivity contribution in [3.8, 4) is 0 Å². The van der Waals surface area contributed by atoms with E-state index in [1.54, 1.807) is 0 Å². The Labute approximate surface area is 59.8 Å². The Hall–Kier alpha value is -0.900. The summed E-state index contributed by atoms with van der Waals surface area (Å²) in [7, 11) is 0. The van der Waals surface area contributed by atoms with Gasteiger partial charge in [-0.1, -0.05) is 0 Å². The number of amides is 1. The molecule has 0 fully saturated rings. The van der Waals surface area contributed by atoms with E-state index in [1.165, 1.54) is 0 Å². The summed E-state index contributed by atoms with van der Waals surface area (Å²) in [5, 5.41) is 2.53. The average molecular weight is 144 g/mol. The SMILES string of the molecule is CCNC(=O)CC(N)C=O. The molecule has 0 bridgehead atoms. The fraction of sp³-hybridized carbons (Fsp3) is 0.667. The zero-order chi connectivity index (χ0) is 7.98. The van der Waals surface area contributed by atoms with Crippen LogP contribution in [-0.4, -0.2) is 24.8 Å². The van der Waals surface area contributed by atoms with E-state index >= 15 is 0 Å². The van der Waals surface area contributed by atoms with Crippen LogP contribution >= 0.6 is 0 Å². The first kappa shape index (κ1) is 9.10. The second kappa shape index (κ2) is 4.93. The predicted molar refractivity (Wildman–Crippen MR) is 37.3 cm³/mol. The highest BCUT2D eigenvalue weighted by Crippen LogP contribution is 1.82. The van der Waals surface area contributed by atoms with Crippen molar-refractivity contribution in [3.05, 3.63) is 0 Å². The largest absolute Gasteiger partial charge is 0.356 e. The molecule has 0 rings (SSSR count). The number of hydrogen-bond acceptors (Lipinski definition) is 3. The van der Waals surface area contributed by atoms with Gasteiger partial charge in [-0.05, 0) is 6.92 Å². The smallest absolute Gasteiger partial charge is 0.221 e. The number of nitrogens with two attached hydrogens (primary N) is 1. The fourth-order valence-corrected chi connectivity index (χ4v) is 0.532. The molecule has 4 heteroatoms. The summed E-state index contributed by atoms with van der Waals surface area (Å²) in [6, 6.07) is -0.661. The van der Waals surface area contributed by atoms with Gasteiger partial charge in [0, 0.05) is 13.0 Å². The van der Waals surface area contributed by atoms with Crippen molar-refractivity contribution in [2.75, 3.05) is 6.54 Å². The maximum Gasteiger partial charge on any atom is 0.221 e. The molecule has 1 atom stereocenters. The number of hydrogen-bond donors (Lipinski definition) is 2. The number of rotatable bonds is 4. The molecule has 10 heavy (non-hydrogen) atoms. The molecule has 0 heterocycles. The summed E-state index contributed by atoms with van der Waals surface area (Å²) >= 11 is 0. The molecule has 0 saturated carbocycles. The number of carbonyl (C=O) groups is 2. The van der Waals surface area contributed by atoms with Gasteiger partial charge in [-0.15, -0.1) is 0 Å². The lowest BCUT2D eigenvalue weighted by atomic mass is 10.2. The van der Waals surface area contributed by atoms with Crippen LogP contribution in [-0.2, 0) is 9.59 Å². The van der Waals surface area contributed by atoms with Crippen LogP contribution in [0.2, 0.25) is 0 Å². The summed E-state index contributed by atoms with van der Waals surface area (Å²) in [6.45, 7) is 2.38. The molecule has 0 aliphatic heterocycles. The number of carbonyl (C=O) groups excluding carboxylic acids is 2. The Kier molecular flexibility index (Phi) is 4.49. The third-order valence-corrected chi connectivity index (χ3v) is 0.970. The van der Waals surface area contributed by atoms with Gasteiger partial charge in [0.25, 0.3) is 0 Å². The Morgan fingerprint density at radius 2 is 2.40 bits per heavy atom. The Morgan fingerprint density at radius 1 is 1.80 bits per heavy atom. The third-order valence-electron chi connectivity index (χ3n) is 0.970. The van der Waals surface area contributed by atoms with Crippen LogP contribution in [0.4, 0.5) is 0 Å². The quantitative estimate of drug-likeness (QED) is 0.499. The lowest BCUT2D eigenvalue weighted by Gasteiger charge is -2.02. The second-order valence-electron chi connectivity index (χ2n) is 1.96. The van der Waals surface area contributed by atoms with Crippen molar-refractivity contribution < 1.29 is 9.59 Å². The van der Waals surface area contributed by atoms with E-state index < -0.39 is 6.04 Å². The molecule has 0 radical (unpaired) electrons. The lowest BCUT2D eigenvalue weighted by molar-refractivity contribution is -0.123. The minimum absolute atomic E-state index is 0.0807. The van der Waals surface area contributed by atoms with Crippen molar-refractivity contribution in [2.45, 2.75) is 19.4 Å². The normalized spacial score (nSPS) is 12.2. The first-order valence-electron chi connectivity index (χ1n) is 3.18. The van der Waals surface area contributed by atoms with Crippen molar-refractivity contribution in [2.24, 2.45) is 5.73 Å². The molecule has 58 valence electrons. The molecule has 0 aromatic heterocycles. The lowest BCUT2D eigenvalue weighted by Crippen LogP contribution is -2.32. The maximum absolute atomic E-state index is 10.7. The van der Waals surface area contributed by atoms with E-state index in [2.05, 4.69) is 5.32 Å². The van der Waals surface area contributed by atoms with Gasteiger partial charge in [0.1, 0.15) is 6.29 Å². The van der Waals surface area contributed by atoms with E-state index in [-0.39, 0.29) is 12.3 Å². The monoisotopic (exact) mass is 144 g/mol. The van der Waals surface area contributed by atoms with Crippen LogP contribution in [0.3, 0.4) is 0 Å². The van der Waals surface area contributed by atoms with Gasteiger partial charge >= 0.3 is 0 Å². The molecule has 0 saturated heterocycles. The fourth-order valence-electron chi connectivity index (χ4n) is 0.532. The van der Waals surface area contributed by atoms with Gasteiger partial charge in [0.2, 0.25) is 5.91 Å². The van der Waals surface area contributed by atoms with Gasteiger partial charge in [0.05, 0.1) is 6.04 Å². The van der Waals surface area contributed by atoms with Crippen LogP contribution in [0.15, 0.2) is 0 Å². The minimum Gasteiger partial charge on any atom is -0.356 e. The highest BCUT2D eigenvalue weighted by atomic mass is 16.1. The third kappa shape index (κ3) is 4.03. The molecular weight excluding hydrogens is 132 g/mol. The first-order chi connectivity index (χ1) is 4.70. The molecular formula is C6H12N2O2. The average Bonchev–Trinajstić information content (AvgIpc) is 1.88. The summed E-state index contributed by atoms with van der Waals surface area (Å²) in [4.78, 5) is 20.6. The zero-order valence-corrected chi connectivity index (χ0v) is 5.96. The maximum atomic E-state index is 10.7. The molecule has 1 unspecified atom stereocenters. The van der Waals surface area contributed by atoms with E-state index in [4.69, 9.17) is 5.73 Å². The van der Waals surface area contributed by atoms with Crippen LogP contribution in [0.5, 0.6) is 0 Å². The van der Waals surface area contributed by atoms with E-state index in [1.807, 2.05) is 6.92 Å². The summed E-state index contributed by atoms with van der Waals surface area (Å²) < 4.78 is 0. The molecule has 0 spiro atoms. The van der Waals surface area contributed by atoms with E-state index in [0.717, 1.165) is 0 Å². The second-order valence-corrected chi connectivity index (χ2v) is 1.96. The standard InChI is InChI=1S/C6H12N2O2/c1-2-8-6(10)3-5(7)4-9/h4-5H,2-3,7H2,1H3,(H,8,10). The highest BCUT2D eigenvalue weighted by Gasteiger charge is 2.05. The van der Waals surface area contributed by atoms with Gasteiger partial charge in [-0.3, -0.25) is 4.79 Å². The molecule has 0 aromatic carbocycles. The number of aldehydes is 1. The highest BCUT2D eigenvalue weighted by molar-refractivity contribution is 5.80. The zero-order valence-electron chi connectivity index (χ0n) is 5.96. The Bertz CT molecular complexity index is 125. The van der Waals surface area contributed by atoms with Crippen molar-refractivity contribution in [3.63, 3.8) is 0 Å². The first-order valence-corrected chi connectivity index (χ1v) is 3.18. The van der Waals surface area contributed by atoms with E-state index in [9.17, 15) is 9.59 Å². The topological polar surface area (TPSA) is 72.2 Å². The van der Waals surface area contributed by atoms with Gasteiger partial charge in [-0.25, -0.2) is 0 Å².